The fourth-order valence-corrected chi connectivity index (χ4v) is 2.78. The van der Waals surface area contributed by atoms with Crippen LogP contribution in [0.4, 0.5) is 0 Å². The first kappa shape index (κ1) is 16.2. The normalized spacial score (nSPS) is 15.9. The predicted octanol–water partition coefficient (Wildman–Crippen LogP) is 5.64. The maximum absolute atomic E-state index is 5.81. The number of rotatable bonds is 4. The van der Waals surface area contributed by atoms with Gasteiger partial charge in [0.2, 0.25) is 5.90 Å². The molecule has 1 aliphatic heterocycles. The van der Waals surface area contributed by atoms with Crippen LogP contribution in [0.1, 0.15) is 23.7 Å². The number of para-hydroxylation sites is 1. The molecule has 0 saturated heterocycles. The molecule has 0 aliphatic carbocycles. The summed E-state index contributed by atoms with van der Waals surface area (Å²) < 4.78 is 11.6. The van der Waals surface area contributed by atoms with Crippen molar-refractivity contribution in [1.29, 1.82) is 0 Å². The van der Waals surface area contributed by atoms with Crippen LogP contribution < -0.4 is 9.47 Å². The SMILES string of the molecule is Cc1cccc(OC2=NO[C@@H](c3ccc(Oc4ccccc4)cc3)C2)c1. The molecule has 0 unspecified atom stereocenters. The maximum atomic E-state index is 5.81. The largest absolute Gasteiger partial charge is 0.457 e. The first-order valence-electron chi connectivity index (χ1n) is 8.56. The van der Waals surface area contributed by atoms with Gasteiger partial charge in [-0.25, -0.2) is 0 Å². The lowest BCUT2D eigenvalue weighted by molar-refractivity contribution is 0.0855. The van der Waals surface area contributed by atoms with Crippen molar-refractivity contribution in [3.8, 4) is 17.2 Å². The molecule has 1 heterocycles. The van der Waals surface area contributed by atoms with Crippen molar-refractivity contribution in [1.82, 2.24) is 0 Å². The summed E-state index contributed by atoms with van der Waals surface area (Å²) in [5.74, 6) is 2.97. The number of hydrogen-bond acceptors (Lipinski definition) is 4. The highest BCUT2D eigenvalue weighted by Gasteiger charge is 2.24. The summed E-state index contributed by atoms with van der Waals surface area (Å²) in [5.41, 5.74) is 2.18. The van der Waals surface area contributed by atoms with Crippen LogP contribution in [0.5, 0.6) is 17.2 Å². The number of oxime groups is 1. The van der Waals surface area contributed by atoms with Gasteiger partial charge in [-0.05, 0) is 54.4 Å². The van der Waals surface area contributed by atoms with E-state index in [9.17, 15) is 0 Å². The van der Waals surface area contributed by atoms with Gasteiger partial charge >= 0.3 is 0 Å². The average molecular weight is 345 g/mol. The Morgan fingerprint density at radius 1 is 0.808 bits per heavy atom. The minimum absolute atomic E-state index is 0.138. The molecule has 0 amide bonds. The topological polar surface area (TPSA) is 40.0 Å². The van der Waals surface area contributed by atoms with Gasteiger partial charge in [-0.15, -0.1) is 0 Å². The van der Waals surface area contributed by atoms with Gasteiger partial charge in [-0.2, -0.15) is 0 Å². The third kappa shape index (κ3) is 3.86. The van der Waals surface area contributed by atoms with Crippen LogP contribution in [0.25, 0.3) is 0 Å². The van der Waals surface area contributed by atoms with E-state index < -0.39 is 0 Å². The zero-order valence-electron chi connectivity index (χ0n) is 14.5. The molecule has 0 aromatic heterocycles. The summed E-state index contributed by atoms with van der Waals surface area (Å²) in [7, 11) is 0. The van der Waals surface area contributed by atoms with E-state index in [1.54, 1.807) is 0 Å². The van der Waals surface area contributed by atoms with Crippen LogP contribution in [0.2, 0.25) is 0 Å². The number of nitrogens with zero attached hydrogens (tertiary/aromatic N) is 1. The zero-order valence-corrected chi connectivity index (χ0v) is 14.5. The van der Waals surface area contributed by atoms with E-state index in [1.165, 1.54) is 0 Å². The molecule has 26 heavy (non-hydrogen) atoms. The summed E-state index contributed by atoms with van der Waals surface area (Å²) in [6, 6.07) is 25.5. The van der Waals surface area contributed by atoms with E-state index >= 15 is 0 Å². The monoisotopic (exact) mass is 345 g/mol. The van der Waals surface area contributed by atoms with E-state index in [-0.39, 0.29) is 6.10 Å². The Labute approximate surface area is 152 Å². The van der Waals surface area contributed by atoms with Gasteiger partial charge in [-0.1, -0.05) is 47.6 Å². The van der Waals surface area contributed by atoms with Crippen LogP contribution in [-0.2, 0) is 4.84 Å². The van der Waals surface area contributed by atoms with E-state index in [1.807, 2.05) is 85.8 Å². The Morgan fingerprint density at radius 2 is 1.54 bits per heavy atom. The van der Waals surface area contributed by atoms with Crippen molar-refractivity contribution in [2.24, 2.45) is 5.16 Å². The summed E-state index contributed by atoms with van der Waals surface area (Å²) >= 11 is 0. The Balaban J connectivity index is 1.37. The van der Waals surface area contributed by atoms with Crippen LogP contribution >= 0.6 is 0 Å². The van der Waals surface area contributed by atoms with Gasteiger partial charge < -0.3 is 14.3 Å². The fraction of sp³-hybridized carbons (Fsp3) is 0.136. The smallest absolute Gasteiger partial charge is 0.235 e. The van der Waals surface area contributed by atoms with Crippen molar-refractivity contribution in [3.05, 3.63) is 90.0 Å². The number of ether oxygens (including phenoxy) is 2. The molecular formula is C22H19NO3. The zero-order chi connectivity index (χ0) is 17.8. The molecule has 4 nitrogen and oxygen atoms in total. The van der Waals surface area contributed by atoms with Crippen LogP contribution in [0, 0.1) is 6.92 Å². The standard InChI is InChI=1S/C22H19NO3/c1-16-6-5-9-20(14-16)25-22-15-21(26-23-22)17-10-12-19(13-11-17)24-18-7-3-2-4-8-18/h2-14,21H,15H2,1H3/t21-/m1/s1. The Morgan fingerprint density at radius 3 is 2.31 bits per heavy atom. The molecule has 0 spiro atoms. The van der Waals surface area contributed by atoms with Gasteiger partial charge in [0.25, 0.3) is 0 Å². The molecule has 3 aromatic carbocycles. The van der Waals surface area contributed by atoms with Crippen LogP contribution in [0.3, 0.4) is 0 Å². The van der Waals surface area contributed by atoms with Crippen LogP contribution in [0.15, 0.2) is 84.0 Å². The summed E-state index contributed by atoms with van der Waals surface area (Å²) in [6.07, 6.45) is 0.466. The number of aryl methyl sites for hydroxylation is 1. The molecule has 3 aromatic rings. The first-order chi connectivity index (χ1) is 12.8. The molecule has 0 bridgehead atoms. The average Bonchev–Trinajstić information content (AvgIpc) is 3.12. The summed E-state index contributed by atoms with van der Waals surface area (Å²) in [6.45, 7) is 2.03. The molecule has 0 saturated carbocycles. The van der Waals surface area contributed by atoms with Crippen molar-refractivity contribution < 1.29 is 14.3 Å². The Kier molecular flexibility index (Phi) is 4.56. The van der Waals surface area contributed by atoms with Gasteiger partial charge in [0.1, 0.15) is 17.2 Å². The van der Waals surface area contributed by atoms with Crippen molar-refractivity contribution in [2.45, 2.75) is 19.4 Å². The third-order valence-corrected chi connectivity index (χ3v) is 4.10. The van der Waals surface area contributed by atoms with Gasteiger partial charge in [0.05, 0.1) is 6.42 Å². The lowest BCUT2D eigenvalue weighted by atomic mass is 10.1. The van der Waals surface area contributed by atoms with Crippen molar-refractivity contribution >= 4 is 5.90 Å². The van der Waals surface area contributed by atoms with Gasteiger partial charge in [0.15, 0.2) is 6.10 Å². The van der Waals surface area contributed by atoms with Gasteiger partial charge in [0, 0.05) is 0 Å². The molecule has 130 valence electrons. The predicted molar refractivity (Wildman–Crippen MR) is 101 cm³/mol. The molecule has 4 heteroatoms. The minimum Gasteiger partial charge on any atom is -0.457 e. The highest BCUT2D eigenvalue weighted by molar-refractivity contribution is 5.79. The van der Waals surface area contributed by atoms with Crippen LogP contribution in [-0.4, -0.2) is 5.90 Å². The van der Waals surface area contributed by atoms with E-state index in [2.05, 4.69) is 5.16 Å². The summed E-state index contributed by atoms with van der Waals surface area (Å²) in [5, 5.41) is 4.07. The second kappa shape index (κ2) is 7.31. The van der Waals surface area contributed by atoms with Crippen molar-refractivity contribution in [2.75, 3.05) is 0 Å². The Hall–Kier alpha value is -3.27. The highest BCUT2D eigenvalue weighted by Crippen LogP contribution is 2.30. The van der Waals surface area contributed by atoms with Gasteiger partial charge in [-0.3, -0.25) is 0 Å². The molecule has 4 rings (SSSR count). The maximum Gasteiger partial charge on any atom is 0.235 e. The quantitative estimate of drug-likeness (QED) is 0.614. The number of hydrogen-bond donors (Lipinski definition) is 0. The first-order valence-corrected chi connectivity index (χ1v) is 8.56. The summed E-state index contributed by atoms with van der Waals surface area (Å²) in [4.78, 5) is 5.53. The van der Waals surface area contributed by atoms with E-state index in [0.29, 0.717) is 12.3 Å². The minimum atomic E-state index is -0.138. The molecule has 0 fully saturated rings. The van der Waals surface area contributed by atoms with Crippen molar-refractivity contribution in [3.63, 3.8) is 0 Å². The molecule has 0 radical (unpaired) electrons. The highest BCUT2D eigenvalue weighted by atomic mass is 16.7. The fourth-order valence-electron chi connectivity index (χ4n) is 2.78. The second-order valence-electron chi connectivity index (χ2n) is 6.19. The Bertz CT molecular complexity index is 904. The third-order valence-electron chi connectivity index (χ3n) is 4.10. The molecule has 1 atom stereocenters. The molecule has 0 N–H and O–H groups in total. The molecule has 1 aliphatic rings. The van der Waals surface area contributed by atoms with E-state index in [4.69, 9.17) is 14.3 Å². The van der Waals surface area contributed by atoms with E-state index in [0.717, 1.165) is 28.4 Å². The second-order valence-corrected chi connectivity index (χ2v) is 6.19. The lowest BCUT2D eigenvalue weighted by Crippen LogP contribution is -2.07. The molecular weight excluding hydrogens is 326 g/mol. The number of benzene rings is 3. The lowest BCUT2D eigenvalue weighted by Gasteiger charge is -2.10.